The Kier molecular flexibility index (Phi) is 10.7. The number of amides is 2. The SMILES string of the molecule is Cc1ccc2c(c1)CC(N(C)C(=O)CN(CCNC(C)C)C(=O)CNc1cc(-c3noc(C)n3)ccc1C)C2.Cl. The first-order valence-corrected chi connectivity index (χ1v) is 13.6. The molecule has 0 radical (unpaired) electrons. The van der Waals surface area contributed by atoms with Crippen molar-refractivity contribution in [3.05, 3.63) is 64.5 Å². The van der Waals surface area contributed by atoms with E-state index in [2.05, 4.69) is 59.7 Å². The zero-order valence-corrected chi connectivity index (χ0v) is 25.1. The van der Waals surface area contributed by atoms with Gasteiger partial charge in [0.05, 0.1) is 13.1 Å². The van der Waals surface area contributed by atoms with Crippen molar-refractivity contribution >= 4 is 29.9 Å². The van der Waals surface area contributed by atoms with E-state index in [4.69, 9.17) is 4.52 Å². The van der Waals surface area contributed by atoms with Crippen LogP contribution in [0.15, 0.2) is 40.9 Å². The number of anilines is 1. The topological polar surface area (TPSA) is 104 Å². The van der Waals surface area contributed by atoms with E-state index in [1.54, 1.807) is 11.8 Å². The van der Waals surface area contributed by atoms with Crippen molar-refractivity contribution in [2.75, 3.05) is 38.5 Å². The Hall–Kier alpha value is -3.43. The quantitative estimate of drug-likeness (QED) is 0.361. The smallest absolute Gasteiger partial charge is 0.242 e. The Balaban J connectivity index is 0.00000441. The van der Waals surface area contributed by atoms with Crippen LogP contribution < -0.4 is 10.6 Å². The van der Waals surface area contributed by atoms with E-state index in [1.165, 1.54) is 16.7 Å². The summed E-state index contributed by atoms with van der Waals surface area (Å²) >= 11 is 0. The normalized spacial score (nSPS) is 14.0. The average Bonchev–Trinajstić information content (AvgIpc) is 3.52. The highest BCUT2D eigenvalue weighted by molar-refractivity contribution is 5.87. The molecule has 1 heterocycles. The Bertz CT molecular complexity index is 1320. The van der Waals surface area contributed by atoms with Gasteiger partial charge in [-0.3, -0.25) is 9.59 Å². The van der Waals surface area contributed by atoms with Crippen molar-refractivity contribution in [2.45, 2.75) is 59.5 Å². The number of fused-ring (bicyclic) bond motifs is 1. The van der Waals surface area contributed by atoms with Gasteiger partial charge < -0.3 is 25.0 Å². The molecular weight excluding hydrogens is 528 g/mol. The lowest BCUT2D eigenvalue weighted by Gasteiger charge is -2.29. The van der Waals surface area contributed by atoms with E-state index in [-0.39, 0.29) is 49.4 Å². The number of halogens is 1. The number of nitrogens with zero attached hydrogens (tertiary/aromatic N) is 4. The number of carbonyl (C=O) groups is 2. The molecule has 0 saturated heterocycles. The maximum atomic E-state index is 13.4. The fraction of sp³-hybridized carbons (Fsp3) is 0.467. The fourth-order valence-electron chi connectivity index (χ4n) is 4.91. The van der Waals surface area contributed by atoms with Gasteiger partial charge in [0.1, 0.15) is 0 Å². The minimum Gasteiger partial charge on any atom is -0.376 e. The van der Waals surface area contributed by atoms with E-state index in [1.807, 2.05) is 37.1 Å². The van der Waals surface area contributed by atoms with Crippen LogP contribution in [0.5, 0.6) is 0 Å². The van der Waals surface area contributed by atoms with Gasteiger partial charge in [0.2, 0.25) is 23.5 Å². The third kappa shape index (κ3) is 7.82. The summed E-state index contributed by atoms with van der Waals surface area (Å²) in [5, 5.41) is 10.6. The molecule has 9 nitrogen and oxygen atoms in total. The molecule has 0 fully saturated rings. The van der Waals surface area contributed by atoms with Gasteiger partial charge in [0.15, 0.2) is 0 Å². The molecule has 1 aliphatic carbocycles. The van der Waals surface area contributed by atoms with Crippen LogP contribution in [-0.2, 0) is 22.4 Å². The average molecular weight is 569 g/mol. The zero-order valence-electron chi connectivity index (χ0n) is 24.3. The van der Waals surface area contributed by atoms with Gasteiger partial charge in [0.25, 0.3) is 0 Å². The Morgan fingerprint density at radius 3 is 2.50 bits per heavy atom. The van der Waals surface area contributed by atoms with Crippen LogP contribution in [0.4, 0.5) is 5.69 Å². The highest BCUT2D eigenvalue weighted by Gasteiger charge is 2.29. The number of nitrogens with one attached hydrogen (secondary N) is 2. The first-order chi connectivity index (χ1) is 18.6. The zero-order chi connectivity index (χ0) is 28.1. The van der Waals surface area contributed by atoms with Crippen molar-refractivity contribution in [1.29, 1.82) is 0 Å². The largest absolute Gasteiger partial charge is 0.376 e. The number of hydrogen-bond acceptors (Lipinski definition) is 7. The molecule has 1 atom stereocenters. The third-order valence-electron chi connectivity index (χ3n) is 7.28. The third-order valence-corrected chi connectivity index (χ3v) is 7.28. The van der Waals surface area contributed by atoms with E-state index in [9.17, 15) is 9.59 Å². The number of hydrogen-bond donors (Lipinski definition) is 2. The molecule has 0 saturated carbocycles. The molecule has 40 heavy (non-hydrogen) atoms. The van der Waals surface area contributed by atoms with Crippen LogP contribution in [0.2, 0.25) is 0 Å². The molecule has 2 N–H and O–H groups in total. The van der Waals surface area contributed by atoms with Crippen LogP contribution in [0.25, 0.3) is 11.4 Å². The van der Waals surface area contributed by atoms with Crippen LogP contribution >= 0.6 is 12.4 Å². The highest BCUT2D eigenvalue weighted by Crippen LogP contribution is 2.26. The van der Waals surface area contributed by atoms with Crippen molar-refractivity contribution in [2.24, 2.45) is 0 Å². The summed E-state index contributed by atoms with van der Waals surface area (Å²) in [5.41, 5.74) is 6.45. The van der Waals surface area contributed by atoms with Gasteiger partial charge in [-0.05, 0) is 49.4 Å². The predicted octanol–water partition coefficient (Wildman–Crippen LogP) is 3.95. The summed E-state index contributed by atoms with van der Waals surface area (Å²) in [6, 6.07) is 12.7. The minimum atomic E-state index is -0.132. The summed E-state index contributed by atoms with van der Waals surface area (Å²) in [6.07, 6.45) is 1.69. The van der Waals surface area contributed by atoms with E-state index in [0.29, 0.717) is 24.8 Å². The number of likely N-dealkylation sites (N-methyl/N-ethyl adjacent to an activating group) is 1. The molecule has 0 aliphatic heterocycles. The summed E-state index contributed by atoms with van der Waals surface area (Å²) in [6.45, 7) is 11.1. The van der Waals surface area contributed by atoms with Crippen LogP contribution in [-0.4, -0.2) is 77.1 Å². The lowest BCUT2D eigenvalue weighted by atomic mass is 10.1. The monoisotopic (exact) mass is 568 g/mol. The summed E-state index contributed by atoms with van der Waals surface area (Å²) < 4.78 is 5.11. The second kappa shape index (κ2) is 13.8. The van der Waals surface area contributed by atoms with Gasteiger partial charge in [-0.2, -0.15) is 4.98 Å². The molecular formula is C30H41ClN6O3. The standard InChI is InChI=1S/C30H40N6O3.ClH/c1-19(2)31-11-12-36(18-29(38)35(6)26-14-23-9-7-20(3)13-25(23)15-26)28(37)17-32-27-16-24(10-8-21(27)4)30-33-22(5)39-34-30;/h7-10,13,16,19,26,31-32H,11-12,14-15,17-18H2,1-6H3;1H. The number of benzene rings is 2. The number of carbonyl (C=O) groups excluding carboxylic acids is 2. The second-order valence-corrected chi connectivity index (χ2v) is 10.8. The minimum absolute atomic E-state index is 0. The molecule has 0 bridgehead atoms. The van der Waals surface area contributed by atoms with Gasteiger partial charge in [0, 0.05) is 50.4 Å². The summed E-state index contributed by atoms with van der Waals surface area (Å²) in [5.74, 6) is 0.814. The molecule has 2 aromatic carbocycles. The summed E-state index contributed by atoms with van der Waals surface area (Å²) in [7, 11) is 1.85. The first kappa shape index (κ1) is 31.1. The predicted molar refractivity (Wildman–Crippen MR) is 160 cm³/mol. The summed E-state index contributed by atoms with van der Waals surface area (Å²) in [4.78, 5) is 34.5. The fourth-order valence-corrected chi connectivity index (χ4v) is 4.91. The highest BCUT2D eigenvalue weighted by atomic mass is 35.5. The van der Waals surface area contributed by atoms with Gasteiger partial charge >= 0.3 is 0 Å². The maximum absolute atomic E-state index is 13.4. The molecule has 2 amide bonds. The lowest BCUT2D eigenvalue weighted by Crippen LogP contribution is -2.48. The Labute approximate surface area is 243 Å². The maximum Gasteiger partial charge on any atom is 0.242 e. The Morgan fingerprint density at radius 2 is 1.80 bits per heavy atom. The molecule has 10 heteroatoms. The molecule has 0 spiro atoms. The van der Waals surface area contributed by atoms with Gasteiger partial charge in [-0.25, -0.2) is 0 Å². The first-order valence-electron chi connectivity index (χ1n) is 13.6. The van der Waals surface area contributed by atoms with E-state index in [0.717, 1.165) is 29.7 Å². The lowest BCUT2D eigenvalue weighted by molar-refractivity contribution is -0.140. The van der Waals surface area contributed by atoms with Crippen LogP contribution in [0, 0.1) is 20.8 Å². The molecule has 4 rings (SSSR count). The molecule has 1 aromatic heterocycles. The van der Waals surface area contributed by atoms with E-state index < -0.39 is 0 Å². The molecule has 216 valence electrons. The van der Waals surface area contributed by atoms with Crippen molar-refractivity contribution < 1.29 is 14.1 Å². The van der Waals surface area contributed by atoms with Crippen molar-refractivity contribution in [3.8, 4) is 11.4 Å². The van der Waals surface area contributed by atoms with Crippen LogP contribution in [0.1, 0.15) is 42.0 Å². The van der Waals surface area contributed by atoms with E-state index >= 15 is 0 Å². The van der Waals surface area contributed by atoms with Gasteiger partial charge in [-0.1, -0.05) is 54.9 Å². The number of aromatic nitrogens is 2. The van der Waals surface area contributed by atoms with Gasteiger partial charge in [-0.15, -0.1) is 12.4 Å². The Morgan fingerprint density at radius 1 is 1.05 bits per heavy atom. The number of aryl methyl sites for hydroxylation is 3. The van der Waals surface area contributed by atoms with Crippen molar-refractivity contribution in [3.63, 3.8) is 0 Å². The van der Waals surface area contributed by atoms with Crippen LogP contribution in [0.3, 0.4) is 0 Å². The molecule has 1 aliphatic rings. The molecule has 3 aromatic rings. The second-order valence-electron chi connectivity index (χ2n) is 10.8. The molecule has 1 unspecified atom stereocenters. The van der Waals surface area contributed by atoms with Crippen molar-refractivity contribution in [1.82, 2.24) is 25.3 Å². The number of rotatable bonds is 11.